The molecule has 0 aliphatic carbocycles. The summed E-state index contributed by atoms with van der Waals surface area (Å²) in [4.78, 5) is 0. The Labute approximate surface area is 69.3 Å². The van der Waals surface area contributed by atoms with E-state index in [2.05, 4.69) is 10.2 Å². The molecule has 3 N–H and O–H groups in total. The van der Waals surface area contributed by atoms with Crippen LogP contribution in [-0.2, 0) is 0 Å². The van der Waals surface area contributed by atoms with Crippen molar-refractivity contribution in [3.63, 3.8) is 0 Å². The number of aromatic amines is 1. The summed E-state index contributed by atoms with van der Waals surface area (Å²) in [5.74, 6) is 0.545. The highest BCUT2D eigenvalue weighted by molar-refractivity contribution is 5.94. The Kier molecular flexibility index (Phi) is 1.40. The van der Waals surface area contributed by atoms with Crippen LogP contribution in [0, 0.1) is 0 Å². The number of fused-ring (bicyclic) bond motifs is 1. The first-order valence-corrected chi connectivity index (χ1v) is 3.59. The van der Waals surface area contributed by atoms with E-state index in [-0.39, 0.29) is 0 Å². The Morgan fingerprint density at radius 3 is 3.08 bits per heavy atom. The Hall–Kier alpha value is -1.71. The van der Waals surface area contributed by atoms with Gasteiger partial charge in [0.2, 0.25) is 5.88 Å². The van der Waals surface area contributed by atoms with Crippen molar-refractivity contribution in [2.75, 3.05) is 12.8 Å². The Morgan fingerprint density at radius 2 is 2.33 bits per heavy atom. The molecule has 1 aromatic heterocycles. The number of rotatable bonds is 1. The molecule has 0 saturated carbocycles. The van der Waals surface area contributed by atoms with Crippen LogP contribution in [0.15, 0.2) is 18.2 Å². The number of hydrogen-bond donors (Lipinski definition) is 2. The van der Waals surface area contributed by atoms with E-state index in [1.807, 2.05) is 18.2 Å². The molecule has 2 rings (SSSR count). The second kappa shape index (κ2) is 2.41. The molecule has 0 fully saturated rings. The van der Waals surface area contributed by atoms with Crippen LogP contribution in [0.5, 0.6) is 5.88 Å². The number of ether oxygens (including phenoxy) is 1. The lowest BCUT2D eigenvalue weighted by Gasteiger charge is -1.96. The van der Waals surface area contributed by atoms with Crippen molar-refractivity contribution in [1.82, 2.24) is 10.2 Å². The van der Waals surface area contributed by atoms with E-state index < -0.39 is 0 Å². The topological polar surface area (TPSA) is 63.9 Å². The maximum Gasteiger partial charge on any atom is 0.242 e. The summed E-state index contributed by atoms with van der Waals surface area (Å²) in [6, 6.07) is 5.59. The zero-order chi connectivity index (χ0) is 8.55. The van der Waals surface area contributed by atoms with E-state index in [0.29, 0.717) is 11.6 Å². The summed E-state index contributed by atoms with van der Waals surface area (Å²) in [5, 5.41) is 7.62. The van der Waals surface area contributed by atoms with Crippen molar-refractivity contribution in [3.8, 4) is 5.88 Å². The predicted octanol–water partition coefficient (Wildman–Crippen LogP) is 1.15. The number of nitrogen functional groups attached to an aromatic ring is 1. The molecule has 1 aromatic carbocycles. The Morgan fingerprint density at radius 1 is 1.50 bits per heavy atom. The monoisotopic (exact) mass is 163 g/mol. The van der Waals surface area contributed by atoms with Crippen molar-refractivity contribution in [2.24, 2.45) is 0 Å². The number of anilines is 1. The van der Waals surface area contributed by atoms with Crippen LogP contribution in [0.25, 0.3) is 10.9 Å². The van der Waals surface area contributed by atoms with E-state index in [1.54, 1.807) is 7.11 Å². The summed E-state index contributed by atoms with van der Waals surface area (Å²) in [5.41, 5.74) is 7.31. The first-order chi connectivity index (χ1) is 5.83. The van der Waals surface area contributed by atoms with Crippen LogP contribution >= 0.6 is 0 Å². The van der Waals surface area contributed by atoms with Crippen molar-refractivity contribution in [3.05, 3.63) is 18.2 Å². The van der Waals surface area contributed by atoms with Gasteiger partial charge in [0, 0.05) is 5.69 Å². The van der Waals surface area contributed by atoms with Gasteiger partial charge in [0.15, 0.2) is 0 Å². The van der Waals surface area contributed by atoms with Gasteiger partial charge in [-0.15, -0.1) is 5.10 Å². The lowest BCUT2D eigenvalue weighted by Crippen LogP contribution is -1.87. The summed E-state index contributed by atoms with van der Waals surface area (Å²) in [6.07, 6.45) is 0. The molecular formula is C8H9N3O. The van der Waals surface area contributed by atoms with Gasteiger partial charge in [0.05, 0.1) is 18.0 Å². The van der Waals surface area contributed by atoms with Gasteiger partial charge in [-0.05, 0) is 12.1 Å². The molecule has 0 unspecified atom stereocenters. The lowest BCUT2D eigenvalue weighted by atomic mass is 10.2. The standard InChI is InChI=1S/C8H9N3O/c1-12-8-7-5(9)3-2-4-6(7)10-11-8/h2-4H,9H2,1H3,(H,10,11). The molecular weight excluding hydrogens is 154 g/mol. The molecule has 0 saturated heterocycles. The molecule has 62 valence electrons. The van der Waals surface area contributed by atoms with E-state index in [4.69, 9.17) is 10.5 Å². The van der Waals surface area contributed by atoms with Gasteiger partial charge in [-0.1, -0.05) is 6.07 Å². The quantitative estimate of drug-likeness (QED) is 0.620. The van der Waals surface area contributed by atoms with Gasteiger partial charge in [-0.2, -0.15) is 0 Å². The second-order valence-electron chi connectivity index (χ2n) is 2.50. The highest BCUT2D eigenvalue weighted by Crippen LogP contribution is 2.27. The number of hydrogen-bond acceptors (Lipinski definition) is 3. The molecule has 0 radical (unpaired) electrons. The van der Waals surface area contributed by atoms with E-state index in [0.717, 1.165) is 10.9 Å². The number of nitrogens with zero attached hydrogens (tertiary/aromatic N) is 1. The van der Waals surface area contributed by atoms with Gasteiger partial charge < -0.3 is 10.5 Å². The van der Waals surface area contributed by atoms with Crippen LogP contribution in [0.1, 0.15) is 0 Å². The van der Waals surface area contributed by atoms with Gasteiger partial charge in [0.25, 0.3) is 0 Å². The first kappa shape index (κ1) is 6.97. The fourth-order valence-corrected chi connectivity index (χ4v) is 1.22. The molecule has 0 bridgehead atoms. The molecule has 12 heavy (non-hydrogen) atoms. The average molecular weight is 163 g/mol. The molecule has 0 atom stereocenters. The molecule has 2 aromatic rings. The van der Waals surface area contributed by atoms with E-state index in [9.17, 15) is 0 Å². The third kappa shape index (κ3) is 0.812. The van der Waals surface area contributed by atoms with Gasteiger partial charge in [0.1, 0.15) is 0 Å². The zero-order valence-corrected chi connectivity index (χ0v) is 6.66. The van der Waals surface area contributed by atoms with Crippen LogP contribution in [0.3, 0.4) is 0 Å². The highest BCUT2D eigenvalue weighted by atomic mass is 16.5. The summed E-state index contributed by atoms with van der Waals surface area (Å²) in [7, 11) is 1.57. The average Bonchev–Trinajstić information content (AvgIpc) is 2.49. The Balaban J connectivity index is 2.83. The maximum absolute atomic E-state index is 5.74. The molecule has 0 aliphatic heterocycles. The number of nitrogens with two attached hydrogens (primary N) is 1. The number of H-pyrrole nitrogens is 1. The zero-order valence-electron chi connectivity index (χ0n) is 6.66. The van der Waals surface area contributed by atoms with Gasteiger partial charge >= 0.3 is 0 Å². The summed E-state index contributed by atoms with van der Waals surface area (Å²) < 4.78 is 5.03. The highest BCUT2D eigenvalue weighted by Gasteiger charge is 2.07. The van der Waals surface area contributed by atoms with Crippen LogP contribution in [0.2, 0.25) is 0 Å². The van der Waals surface area contributed by atoms with Crippen molar-refractivity contribution in [1.29, 1.82) is 0 Å². The number of nitrogens with one attached hydrogen (secondary N) is 1. The minimum atomic E-state index is 0.545. The normalized spacial score (nSPS) is 10.4. The lowest BCUT2D eigenvalue weighted by molar-refractivity contribution is 0.401. The molecule has 0 aliphatic rings. The van der Waals surface area contributed by atoms with Gasteiger partial charge in [-0.3, -0.25) is 5.10 Å². The van der Waals surface area contributed by atoms with Crippen molar-refractivity contribution in [2.45, 2.75) is 0 Å². The third-order valence-electron chi connectivity index (χ3n) is 1.78. The van der Waals surface area contributed by atoms with Crippen LogP contribution < -0.4 is 10.5 Å². The predicted molar refractivity (Wildman–Crippen MR) is 47.1 cm³/mol. The van der Waals surface area contributed by atoms with Crippen molar-refractivity contribution < 1.29 is 4.74 Å². The first-order valence-electron chi connectivity index (χ1n) is 3.59. The molecule has 4 nitrogen and oxygen atoms in total. The fraction of sp³-hybridized carbons (Fsp3) is 0.125. The molecule has 1 heterocycles. The van der Waals surface area contributed by atoms with E-state index in [1.165, 1.54) is 0 Å². The number of aromatic nitrogens is 2. The summed E-state index contributed by atoms with van der Waals surface area (Å²) >= 11 is 0. The maximum atomic E-state index is 5.74. The smallest absolute Gasteiger partial charge is 0.242 e. The number of methoxy groups -OCH3 is 1. The van der Waals surface area contributed by atoms with E-state index >= 15 is 0 Å². The SMILES string of the molecule is COc1n[nH]c2cccc(N)c12. The fourth-order valence-electron chi connectivity index (χ4n) is 1.22. The van der Waals surface area contributed by atoms with Crippen molar-refractivity contribution >= 4 is 16.6 Å². The Bertz CT molecular complexity index is 408. The largest absolute Gasteiger partial charge is 0.479 e. The van der Waals surface area contributed by atoms with Gasteiger partial charge in [-0.25, -0.2) is 0 Å². The molecule has 0 spiro atoms. The molecule has 4 heteroatoms. The minimum absolute atomic E-state index is 0.545. The van der Waals surface area contributed by atoms with Crippen LogP contribution in [-0.4, -0.2) is 17.3 Å². The molecule has 0 amide bonds. The second-order valence-corrected chi connectivity index (χ2v) is 2.50. The third-order valence-corrected chi connectivity index (χ3v) is 1.78. The van der Waals surface area contributed by atoms with Crippen LogP contribution in [0.4, 0.5) is 5.69 Å². The number of benzene rings is 1. The summed E-state index contributed by atoms with van der Waals surface area (Å²) in [6.45, 7) is 0. The minimum Gasteiger partial charge on any atom is -0.479 e.